The van der Waals surface area contributed by atoms with Crippen LogP contribution in [0.15, 0.2) is 42.5 Å². The molecule has 2 aliphatic rings. The van der Waals surface area contributed by atoms with Gasteiger partial charge in [0.2, 0.25) is 15.9 Å². The molecule has 1 fully saturated rings. The van der Waals surface area contributed by atoms with E-state index in [0.29, 0.717) is 72.0 Å². The molecule has 45 heavy (non-hydrogen) atoms. The normalized spacial score (nSPS) is 17.4. The molecule has 0 aliphatic carbocycles. The van der Waals surface area contributed by atoms with E-state index in [1.165, 1.54) is 16.4 Å². The Balaban J connectivity index is 1.49. The van der Waals surface area contributed by atoms with Crippen molar-refractivity contribution in [2.75, 3.05) is 32.4 Å². The van der Waals surface area contributed by atoms with Crippen LogP contribution in [-0.4, -0.2) is 77.0 Å². The van der Waals surface area contributed by atoms with Gasteiger partial charge in [-0.2, -0.15) is 22.6 Å². The Bertz CT molecular complexity index is 1740. The van der Waals surface area contributed by atoms with Gasteiger partial charge in [0.25, 0.3) is 0 Å². The summed E-state index contributed by atoms with van der Waals surface area (Å²) in [5, 5.41) is 16.2. The molecular formula is C31H33ClF3N5O4S. The fourth-order valence-electron chi connectivity index (χ4n) is 5.80. The number of nitrogens with two attached hydrogens (primary N) is 1. The van der Waals surface area contributed by atoms with Crippen molar-refractivity contribution in [1.29, 1.82) is 0 Å². The molecule has 240 valence electrons. The highest BCUT2D eigenvalue weighted by Gasteiger charge is 2.35. The van der Waals surface area contributed by atoms with Crippen LogP contribution in [0.4, 0.5) is 13.2 Å². The molecule has 3 heterocycles. The van der Waals surface area contributed by atoms with Crippen LogP contribution in [0.5, 0.6) is 0 Å². The number of amides is 1. The first-order chi connectivity index (χ1) is 21.2. The molecule has 0 spiro atoms. The minimum Gasteiger partial charge on any atom is -0.390 e. The third kappa shape index (κ3) is 7.88. The van der Waals surface area contributed by atoms with Gasteiger partial charge in [0, 0.05) is 64.9 Å². The molecule has 1 atom stereocenters. The highest BCUT2D eigenvalue weighted by molar-refractivity contribution is 7.88. The summed E-state index contributed by atoms with van der Waals surface area (Å²) in [6.07, 6.45) is -2.85. The van der Waals surface area contributed by atoms with E-state index in [-0.39, 0.29) is 37.0 Å². The number of aliphatic hydroxyl groups excluding tert-OH is 1. The van der Waals surface area contributed by atoms with Crippen LogP contribution < -0.4 is 5.73 Å². The van der Waals surface area contributed by atoms with Gasteiger partial charge in [0.15, 0.2) is 0 Å². The van der Waals surface area contributed by atoms with Gasteiger partial charge in [-0.1, -0.05) is 29.5 Å². The molecule has 2 aliphatic heterocycles. The summed E-state index contributed by atoms with van der Waals surface area (Å²) in [5.41, 5.74) is 6.70. The first kappa shape index (κ1) is 33.0. The number of alkyl halides is 3. The van der Waals surface area contributed by atoms with E-state index in [1.54, 1.807) is 28.9 Å². The van der Waals surface area contributed by atoms with E-state index in [2.05, 4.69) is 11.8 Å². The predicted molar refractivity (Wildman–Crippen MR) is 163 cm³/mol. The molecule has 3 N–H and O–H groups in total. The molecular weight excluding hydrogens is 631 g/mol. The van der Waals surface area contributed by atoms with Gasteiger partial charge in [0.05, 0.1) is 30.2 Å². The number of likely N-dealkylation sites (tertiary alicyclic amines) is 1. The highest BCUT2D eigenvalue weighted by atomic mass is 35.5. The van der Waals surface area contributed by atoms with Crippen molar-refractivity contribution in [3.05, 3.63) is 75.4 Å². The fraction of sp³-hybridized carbons (Fsp3) is 0.419. The molecule has 3 aromatic rings. The number of carbonyl (C=O) groups is 1. The van der Waals surface area contributed by atoms with Gasteiger partial charge < -0.3 is 15.7 Å². The number of aromatic nitrogens is 2. The number of carbonyl (C=O) groups excluding carboxylic acids is 1. The molecule has 1 aromatic heterocycles. The Morgan fingerprint density at radius 3 is 2.42 bits per heavy atom. The predicted octanol–water partition coefficient (Wildman–Crippen LogP) is 3.50. The molecule has 14 heteroatoms. The average Bonchev–Trinajstić information content (AvgIpc) is 3.33. The lowest BCUT2D eigenvalue weighted by molar-refractivity contribution is -0.137. The van der Waals surface area contributed by atoms with Crippen molar-refractivity contribution in [3.63, 3.8) is 0 Å². The number of benzene rings is 2. The Labute approximate surface area is 264 Å². The van der Waals surface area contributed by atoms with E-state index in [4.69, 9.17) is 22.4 Å². The summed E-state index contributed by atoms with van der Waals surface area (Å²) >= 11 is 5.92. The van der Waals surface area contributed by atoms with E-state index >= 15 is 0 Å². The maximum Gasteiger partial charge on any atom is 0.417 e. The Morgan fingerprint density at radius 2 is 1.80 bits per heavy atom. The van der Waals surface area contributed by atoms with Gasteiger partial charge >= 0.3 is 6.18 Å². The molecule has 1 saturated heterocycles. The fourth-order valence-corrected chi connectivity index (χ4v) is 6.71. The summed E-state index contributed by atoms with van der Waals surface area (Å²) < 4.78 is 69.8. The SMILES string of the molecule is CS(=O)(=O)N1CCc2c(c(-c3ccc(C(F)(F)F)c(C#Cc4ccc(Cl)cc4)c3)nn2CC(O)CN2CCC(C(N)=O)CC2)C1. The van der Waals surface area contributed by atoms with Crippen LogP contribution in [0.25, 0.3) is 11.3 Å². The van der Waals surface area contributed by atoms with Gasteiger partial charge in [-0.3, -0.25) is 9.48 Å². The minimum atomic E-state index is -4.66. The highest BCUT2D eigenvalue weighted by Crippen LogP contribution is 2.36. The van der Waals surface area contributed by atoms with Crippen LogP contribution in [-0.2, 0) is 40.5 Å². The number of sulfonamides is 1. The number of rotatable bonds is 7. The molecule has 1 amide bonds. The second-order valence-electron chi connectivity index (χ2n) is 11.4. The lowest BCUT2D eigenvalue weighted by Gasteiger charge is -2.32. The molecule has 0 bridgehead atoms. The second-order valence-corrected chi connectivity index (χ2v) is 13.9. The van der Waals surface area contributed by atoms with Crippen LogP contribution in [0.2, 0.25) is 5.02 Å². The zero-order valence-corrected chi connectivity index (χ0v) is 26.1. The smallest absolute Gasteiger partial charge is 0.390 e. The second kappa shape index (κ2) is 13.1. The number of hydrogen-bond acceptors (Lipinski definition) is 6. The van der Waals surface area contributed by atoms with Crippen molar-refractivity contribution in [1.82, 2.24) is 19.0 Å². The summed E-state index contributed by atoms with van der Waals surface area (Å²) in [6, 6.07) is 9.98. The van der Waals surface area contributed by atoms with Crippen LogP contribution in [0.3, 0.4) is 0 Å². The molecule has 0 radical (unpaired) electrons. The average molecular weight is 664 g/mol. The number of hydrogen-bond donors (Lipinski definition) is 2. The van der Waals surface area contributed by atoms with Crippen molar-refractivity contribution in [2.45, 2.75) is 44.6 Å². The van der Waals surface area contributed by atoms with Crippen molar-refractivity contribution in [2.24, 2.45) is 11.7 Å². The maximum atomic E-state index is 14.0. The van der Waals surface area contributed by atoms with Gasteiger partial charge in [-0.25, -0.2) is 8.42 Å². The molecule has 1 unspecified atom stereocenters. The van der Waals surface area contributed by atoms with E-state index in [0.717, 1.165) is 12.3 Å². The summed E-state index contributed by atoms with van der Waals surface area (Å²) in [5.74, 6) is 4.91. The topological polar surface area (TPSA) is 122 Å². The number of halogens is 4. The Morgan fingerprint density at radius 1 is 1.11 bits per heavy atom. The molecule has 2 aromatic carbocycles. The number of fused-ring (bicyclic) bond motifs is 1. The Hall–Kier alpha value is -3.41. The van der Waals surface area contributed by atoms with E-state index < -0.39 is 27.9 Å². The third-order valence-electron chi connectivity index (χ3n) is 8.19. The number of primary amides is 1. The summed E-state index contributed by atoms with van der Waals surface area (Å²) in [7, 11) is -3.56. The molecule has 9 nitrogen and oxygen atoms in total. The molecule has 5 rings (SSSR count). The maximum absolute atomic E-state index is 14.0. The van der Waals surface area contributed by atoms with Crippen LogP contribution in [0.1, 0.15) is 40.8 Å². The Kier molecular flexibility index (Phi) is 9.62. The van der Waals surface area contributed by atoms with Crippen LogP contribution in [0, 0.1) is 17.8 Å². The van der Waals surface area contributed by atoms with Gasteiger partial charge in [-0.15, -0.1) is 0 Å². The van der Waals surface area contributed by atoms with E-state index in [1.807, 2.05) is 4.90 Å². The van der Waals surface area contributed by atoms with Gasteiger partial charge in [-0.05, 0) is 62.3 Å². The largest absolute Gasteiger partial charge is 0.417 e. The van der Waals surface area contributed by atoms with Gasteiger partial charge in [0.1, 0.15) is 0 Å². The number of aliphatic hydroxyl groups is 1. The lowest BCUT2D eigenvalue weighted by atomic mass is 9.96. The van der Waals surface area contributed by atoms with Crippen molar-refractivity contribution >= 4 is 27.5 Å². The first-order valence-corrected chi connectivity index (χ1v) is 16.6. The number of nitrogens with zero attached hydrogens (tertiary/aromatic N) is 4. The number of piperidine rings is 1. The van der Waals surface area contributed by atoms with E-state index in [9.17, 15) is 31.5 Å². The minimum absolute atomic E-state index is 0.00691. The summed E-state index contributed by atoms with van der Waals surface area (Å²) in [6.45, 7) is 1.85. The summed E-state index contributed by atoms with van der Waals surface area (Å²) in [4.78, 5) is 13.6. The van der Waals surface area contributed by atoms with Crippen LogP contribution >= 0.6 is 11.6 Å². The monoisotopic (exact) mass is 663 g/mol. The standard InChI is InChI=1S/C31H33ClF3N5O4S/c1-45(43,44)39-15-12-28-26(19-39)29(37-40(28)18-25(41)17-38-13-10-21(11-14-38)30(36)42)23-6-9-27(31(33,34)35)22(16-23)5-2-20-3-7-24(32)8-4-20/h3-4,6-9,16,21,25,41H,10-15,17-19H2,1H3,(H2,36,42). The number of β-amino-alcohol motifs (C(OH)–C–C–N with tert-alkyl or cyclic N) is 1. The zero-order chi connectivity index (χ0) is 32.5. The quantitative estimate of drug-likeness (QED) is 0.374. The molecule has 0 saturated carbocycles. The first-order valence-electron chi connectivity index (χ1n) is 14.4. The van der Waals surface area contributed by atoms with Crippen molar-refractivity contribution < 1.29 is 31.5 Å². The van der Waals surface area contributed by atoms with Crippen molar-refractivity contribution in [3.8, 4) is 23.1 Å². The lowest BCUT2D eigenvalue weighted by Crippen LogP contribution is -2.43. The zero-order valence-electron chi connectivity index (χ0n) is 24.5. The third-order valence-corrected chi connectivity index (χ3v) is 9.70.